The number of nitrogens with one attached hydrogen (secondary N) is 2. The Labute approximate surface area is 192 Å². The maximum absolute atomic E-state index is 12.2. The minimum atomic E-state index is -1.10. The third-order valence-corrected chi connectivity index (χ3v) is 6.43. The van der Waals surface area contributed by atoms with Gasteiger partial charge in [-0.25, -0.2) is 4.79 Å². The Hall–Kier alpha value is -3.39. The predicted molar refractivity (Wildman–Crippen MR) is 121 cm³/mol. The summed E-state index contributed by atoms with van der Waals surface area (Å²) in [5.41, 5.74) is 4.48. The quantitative estimate of drug-likeness (QED) is 0.488. The Balaban J connectivity index is 1.23. The molecule has 3 atom stereocenters. The number of aliphatic hydroxyl groups is 1. The molecule has 8 heteroatoms. The number of carbonyl (C=O) groups is 3. The van der Waals surface area contributed by atoms with Crippen LogP contribution in [0, 0.1) is 5.92 Å². The Morgan fingerprint density at radius 3 is 2.27 bits per heavy atom. The number of carboxylic acid groups (broad SMARTS) is 1. The minimum Gasteiger partial charge on any atom is -0.481 e. The molecule has 2 aliphatic carbocycles. The number of rotatable bonds is 8. The van der Waals surface area contributed by atoms with Crippen molar-refractivity contribution < 1.29 is 29.3 Å². The molecular weight excluding hydrogens is 424 g/mol. The van der Waals surface area contributed by atoms with Crippen LogP contribution in [0.15, 0.2) is 48.5 Å². The van der Waals surface area contributed by atoms with Crippen LogP contribution < -0.4 is 10.6 Å². The van der Waals surface area contributed by atoms with Crippen LogP contribution in [0.4, 0.5) is 4.79 Å². The van der Waals surface area contributed by atoms with Gasteiger partial charge in [-0.3, -0.25) is 9.59 Å². The molecule has 0 spiro atoms. The molecule has 0 radical (unpaired) electrons. The second-order valence-electron chi connectivity index (χ2n) is 8.61. The molecular formula is C25H28N2O6. The lowest BCUT2D eigenvalue weighted by molar-refractivity contribution is -0.142. The molecule has 0 heterocycles. The summed E-state index contributed by atoms with van der Waals surface area (Å²) in [6.45, 7) is 0.0197. The Bertz CT molecular complexity index is 994. The van der Waals surface area contributed by atoms with E-state index in [1.165, 1.54) is 0 Å². The van der Waals surface area contributed by atoms with Crippen LogP contribution in [0.1, 0.15) is 42.7 Å². The third-order valence-electron chi connectivity index (χ3n) is 6.43. The molecule has 0 bridgehead atoms. The zero-order valence-corrected chi connectivity index (χ0v) is 18.2. The van der Waals surface area contributed by atoms with Crippen LogP contribution in [0.25, 0.3) is 11.1 Å². The highest BCUT2D eigenvalue weighted by molar-refractivity contribution is 5.80. The number of fused-ring (bicyclic) bond motifs is 3. The molecule has 4 rings (SSSR count). The topological polar surface area (TPSA) is 125 Å². The van der Waals surface area contributed by atoms with Gasteiger partial charge in [0.05, 0.1) is 18.4 Å². The van der Waals surface area contributed by atoms with Crippen LogP contribution in [0.3, 0.4) is 0 Å². The molecule has 2 aliphatic rings. The highest BCUT2D eigenvalue weighted by Crippen LogP contribution is 2.44. The van der Waals surface area contributed by atoms with Gasteiger partial charge in [-0.05, 0) is 35.1 Å². The van der Waals surface area contributed by atoms with E-state index in [4.69, 9.17) is 4.74 Å². The van der Waals surface area contributed by atoms with Gasteiger partial charge in [-0.1, -0.05) is 55.0 Å². The van der Waals surface area contributed by atoms with E-state index in [1.54, 1.807) is 0 Å². The summed E-state index contributed by atoms with van der Waals surface area (Å²) in [6, 6.07) is 15.6. The second-order valence-corrected chi connectivity index (χ2v) is 8.61. The summed E-state index contributed by atoms with van der Waals surface area (Å²) in [5, 5.41) is 24.5. The molecule has 0 aliphatic heterocycles. The molecule has 0 saturated heterocycles. The first-order chi connectivity index (χ1) is 15.9. The lowest BCUT2D eigenvalue weighted by Gasteiger charge is -2.19. The van der Waals surface area contributed by atoms with E-state index in [2.05, 4.69) is 22.8 Å². The lowest BCUT2D eigenvalue weighted by atomic mass is 9.98. The predicted octanol–water partition coefficient (Wildman–Crippen LogP) is 2.65. The summed E-state index contributed by atoms with van der Waals surface area (Å²) in [7, 11) is 0. The van der Waals surface area contributed by atoms with E-state index in [1.807, 2.05) is 36.4 Å². The number of aliphatic carboxylic acids is 1. The first-order valence-corrected chi connectivity index (χ1v) is 11.2. The summed E-state index contributed by atoms with van der Waals surface area (Å²) < 4.78 is 5.42. The van der Waals surface area contributed by atoms with Crippen molar-refractivity contribution in [3.8, 4) is 11.1 Å². The maximum Gasteiger partial charge on any atom is 0.407 e. The zero-order valence-electron chi connectivity index (χ0n) is 18.2. The number of aliphatic hydroxyl groups excluding tert-OH is 1. The standard InChI is InChI=1S/C25H28N2O6/c28-15(12-23(29)27-22-11-5-10-20(22)24(30)31)13-26-25(32)33-14-21-18-8-3-1-6-16(18)17-7-2-4-9-19(17)21/h1-4,6-9,15,20-22,28H,5,10-14H2,(H,26,32)(H,27,29)(H,30,31)/t15?,20-,22+/m1/s1. The SMILES string of the molecule is O=C(CC(O)CNC(=O)OCC1c2ccccc2-c2ccccc21)N[C@H]1CCC[C@H]1C(=O)O. The fraction of sp³-hybridized carbons (Fsp3) is 0.400. The molecule has 33 heavy (non-hydrogen) atoms. The van der Waals surface area contributed by atoms with Gasteiger partial charge in [-0.15, -0.1) is 0 Å². The van der Waals surface area contributed by atoms with Crippen molar-refractivity contribution in [3.05, 3.63) is 59.7 Å². The molecule has 4 N–H and O–H groups in total. The molecule has 1 fully saturated rings. The van der Waals surface area contributed by atoms with E-state index in [0.717, 1.165) is 28.7 Å². The molecule has 1 unspecified atom stereocenters. The van der Waals surface area contributed by atoms with Gasteiger partial charge in [0.15, 0.2) is 0 Å². The summed E-state index contributed by atoms with van der Waals surface area (Å²) in [6.07, 6.45) is -0.114. The minimum absolute atomic E-state index is 0.0626. The van der Waals surface area contributed by atoms with Crippen molar-refractivity contribution in [1.29, 1.82) is 0 Å². The van der Waals surface area contributed by atoms with Gasteiger partial charge < -0.3 is 25.6 Å². The van der Waals surface area contributed by atoms with Crippen molar-refractivity contribution in [2.24, 2.45) is 5.92 Å². The summed E-state index contributed by atoms with van der Waals surface area (Å²) in [4.78, 5) is 35.6. The second kappa shape index (κ2) is 10.0. The van der Waals surface area contributed by atoms with Crippen LogP contribution >= 0.6 is 0 Å². The number of alkyl carbamates (subject to hydrolysis) is 1. The van der Waals surface area contributed by atoms with Crippen molar-refractivity contribution in [2.45, 2.75) is 43.7 Å². The van der Waals surface area contributed by atoms with E-state index in [9.17, 15) is 24.6 Å². The van der Waals surface area contributed by atoms with Gasteiger partial charge in [0.1, 0.15) is 6.61 Å². The average molecular weight is 453 g/mol. The Morgan fingerprint density at radius 2 is 1.64 bits per heavy atom. The summed E-state index contributed by atoms with van der Waals surface area (Å²) >= 11 is 0. The smallest absolute Gasteiger partial charge is 0.407 e. The molecule has 174 valence electrons. The van der Waals surface area contributed by atoms with E-state index in [-0.39, 0.29) is 25.5 Å². The van der Waals surface area contributed by atoms with Crippen LogP contribution in [0.5, 0.6) is 0 Å². The zero-order chi connectivity index (χ0) is 23.4. The normalized spacial score (nSPS) is 19.9. The first kappa shape index (κ1) is 22.8. The highest BCUT2D eigenvalue weighted by atomic mass is 16.5. The Kier molecular flexibility index (Phi) is 6.93. The van der Waals surface area contributed by atoms with Crippen molar-refractivity contribution in [3.63, 3.8) is 0 Å². The number of carbonyl (C=O) groups excluding carboxylic acids is 2. The van der Waals surface area contributed by atoms with E-state index < -0.39 is 36.0 Å². The van der Waals surface area contributed by atoms with Gasteiger partial charge in [0.25, 0.3) is 0 Å². The molecule has 2 aromatic rings. The van der Waals surface area contributed by atoms with Crippen LogP contribution in [0.2, 0.25) is 0 Å². The number of benzene rings is 2. The monoisotopic (exact) mass is 452 g/mol. The number of hydrogen-bond donors (Lipinski definition) is 4. The maximum atomic E-state index is 12.2. The number of ether oxygens (including phenoxy) is 1. The van der Waals surface area contributed by atoms with Crippen LogP contribution in [-0.4, -0.2) is 53.5 Å². The van der Waals surface area contributed by atoms with Crippen molar-refractivity contribution in [1.82, 2.24) is 10.6 Å². The van der Waals surface area contributed by atoms with Gasteiger partial charge >= 0.3 is 12.1 Å². The van der Waals surface area contributed by atoms with Crippen molar-refractivity contribution >= 4 is 18.0 Å². The molecule has 0 aromatic heterocycles. The summed E-state index contributed by atoms with van der Waals surface area (Å²) in [5.74, 6) is -2.01. The number of carboxylic acids is 1. The molecule has 2 amide bonds. The molecule has 1 saturated carbocycles. The van der Waals surface area contributed by atoms with Gasteiger partial charge in [-0.2, -0.15) is 0 Å². The van der Waals surface area contributed by atoms with E-state index in [0.29, 0.717) is 12.8 Å². The van der Waals surface area contributed by atoms with Gasteiger partial charge in [0, 0.05) is 18.5 Å². The fourth-order valence-corrected chi connectivity index (χ4v) is 4.83. The molecule has 8 nitrogen and oxygen atoms in total. The van der Waals surface area contributed by atoms with Crippen LogP contribution in [-0.2, 0) is 14.3 Å². The fourth-order valence-electron chi connectivity index (χ4n) is 4.83. The van der Waals surface area contributed by atoms with Crippen molar-refractivity contribution in [2.75, 3.05) is 13.2 Å². The lowest BCUT2D eigenvalue weighted by Crippen LogP contribution is -2.42. The third kappa shape index (κ3) is 5.17. The van der Waals surface area contributed by atoms with Gasteiger partial charge in [0.2, 0.25) is 5.91 Å². The Morgan fingerprint density at radius 1 is 1.00 bits per heavy atom. The number of amides is 2. The first-order valence-electron chi connectivity index (χ1n) is 11.2. The average Bonchev–Trinajstić information content (AvgIpc) is 3.39. The highest BCUT2D eigenvalue weighted by Gasteiger charge is 2.34. The van der Waals surface area contributed by atoms with E-state index >= 15 is 0 Å². The number of hydrogen-bond acceptors (Lipinski definition) is 5. The molecule has 2 aromatic carbocycles. The largest absolute Gasteiger partial charge is 0.481 e.